The van der Waals surface area contributed by atoms with Crippen molar-refractivity contribution in [3.8, 4) is 0 Å². The van der Waals surface area contributed by atoms with Gasteiger partial charge in [-0.2, -0.15) is 0 Å². The van der Waals surface area contributed by atoms with Crippen LogP contribution in [0.3, 0.4) is 0 Å². The molecule has 150 valence electrons. The van der Waals surface area contributed by atoms with Gasteiger partial charge in [0.15, 0.2) is 0 Å². The Morgan fingerprint density at radius 1 is 0.967 bits per heavy atom. The van der Waals surface area contributed by atoms with Crippen LogP contribution in [0.2, 0.25) is 0 Å². The molecule has 0 aliphatic heterocycles. The molecule has 5 rings (SSSR count). The first-order chi connectivity index (χ1) is 14.4. The van der Waals surface area contributed by atoms with E-state index in [0.29, 0.717) is 11.5 Å². The Kier molecular flexibility index (Phi) is 4.16. The number of aromatic nitrogens is 4. The van der Waals surface area contributed by atoms with Crippen molar-refractivity contribution < 1.29 is 8.42 Å². The molecule has 8 nitrogen and oxygen atoms in total. The lowest BCUT2D eigenvalue weighted by atomic mass is 10.1. The number of benzene rings is 1. The van der Waals surface area contributed by atoms with Crippen LogP contribution < -0.4 is 5.32 Å². The van der Waals surface area contributed by atoms with Crippen molar-refractivity contribution in [2.75, 3.05) is 19.4 Å². The van der Waals surface area contributed by atoms with Gasteiger partial charge in [0.25, 0.3) is 0 Å². The molecule has 4 heterocycles. The normalized spacial score (nSPS) is 12.2. The number of rotatable bonds is 4. The molecule has 0 unspecified atom stereocenters. The number of anilines is 2. The third-order valence-corrected chi connectivity index (χ3v) is 6.84. The maximum atomic E-state index is 12.5. The molecule has 30 heavy (non-hydrogen) atoms. The number of fused-ring (bicyclic) bond motifs is 5. The Morgan fingerprint density at radius 2 is 1.73 bits per heavy atom. The zero-order chi connectivity index (χ0) is 20.9. The smallest absolute Gasteiger partial charge is 0.242 e. The van der Waals surface area contributed by atoms with E-state index in [0.717, 1.165) is 32.7 Å². The number of hydrogen-bond acceptors (Lipinski definition) is 6. The van der Waals surface area contributed by atoms with Crippen molar-refractivity contribution in [2.45, 2.75) is 4.90 Å². The summed E-state index contributed by atoms with van der Waals surface area (Å²) in [4.78, 5) is 16.7. The van der Waals surface area contributed by atoms with Gasteiger partial charge in [-0.25, -0.2) is 17.7 Å². The molecule has 0 spiro atoms. The Morgan fingerprint density at radius 3 is 2.53 bits per heavy atom. The van der Waals surface area contributed by atoms with E-state index < -0.39 is 10.0 Å². The summed E-state index contributed by atoms with van der Waals surface area (Å²) in [7, 11) is -0.521. The second kappa shape index (κ2) is 6.75. The van der Waals surface area contributed by atoms with Gasteiger partial charge >= 0.3 is 0 Å². The molecule has 2 N–H and O–H groups in total. The third kappa shape index (κ3) is 2.87. The van der Waals surface area contributed by atoms with Crippen LogP contribution in [0.5, 0.6) is 0 Å². The highest BCUT2D eigenvalue weighted by Gasteiger charge is 2.18. The van der Waals surface area contributed by atoms with Crippen LogP contribution in [0.15, 0.2) is 66.1 Å². The number of nitrogens with one attached hydrogen (secondary N) is 2. The molecule has 0 fully saturated rings. The van der Waals surface area contributed by atoms with Crippen molar-refractivity contribution in [3.05, 3.63) is 61.2 Å². The second-order valence-electron chi connectivity index (χ2n) is 7.09. The maximum absolute atomic E-state index is 12.5. The molecule has 0 amide bonds. The SMILES string of the molecule is CN(C)S(=O)(=O)c1cccc(Nc2nc3[nH]c4cnccc4c3c3ccncc23)c1. The van der Waals surface area contributed by atoms with Gasteiger partial charge in [-0.15, -0.1) is 0 Å². The Bertz CT molecular complexity index is 1530. The maximum Gasteiger partial charge on any atom is 0.242 e. The van der Waals surface area contributed by atoms with Gasteiger partial charge in [0, 0.05) is 59.9 Å². The second-order valence-corrected chi connectivity index (χ2v) is 9.24. The number of H-pyrrole nitrogens is 1. The Labute approximate surface area is 172 Å². The summed E-state index contributed by atoms with van der Waals surface area (Å²) in [6, 6.07) is 10.6. The van der Waals surface area contributed by atoms with Crippen LogP contribution in [0.1, 0.15) is 0 Å². The quantitative estimate of drug-likeness (QED) is 0.462. The van der Waals surface area contributed by atoms with Gasteiger partial charge in [0.1, 0.15) is 11.5 Å². The molecular weight excluding hydrogens is 400 g/mol. The van der Waals surface area contributed by atoms with Gasteiger partial charge in [-0.3, -0.25) is 9.97 Å². The standard InChI is InChI=1S/C21H18N6O2S/c1-27(2)30(28,29)14-5-3-4-13(10-14)24-20-17-11-22-8-6-15(17)19-16-7-9-23-12-18(16)25-21(19)26-20/h3-12H,1-2H3,(H2,24,25,26). The molecule has 0 saturated carbocycles. The largest absolute Gasteiger partial charge is 0.340 e. The molecule has 1 aromatic carbocycles. The molecule has 4 aromatic heterocycles. The highest BCUT2D eigenvalue weighted by atomic mass is 32.2. The Balaban J connectivity index is 1.69. The lowest BCUT2D eigenvalue weighted by Crippen LogP contribution is -2.22. The fourth-order valence-electron chi connectivity index (χ4n) is 3.54. The van der Waals surface area contributed by atoms with E-state index in [-0.39, 0.29) is 4.90 Å². The number of nitrogens with zero attached hydrogens (tertiary/aromatic N) is 4. The highest BCUT2D eigenvalue weighted by Crippen LogP contribution is 2.34. The number of aromatic amines is 1. The minimum atomic E-state index is -3.54. The predicted octanol–water partition coefficient (Wildman–Crippen LogP) is 3.65. The van der Waals surface area contributed by atoms with Crippen LogP contribution in [0.25, 0.3) is 32.7 Å². The average molecular weight is 418 g/mol. The Hall–Kier alpha value is -3.56. The highest BCUT2D eigenvalue weighted by molar-refractivity contribution is 7.89. The van der Waals surface area contributed by atoms with E-state index in [1.807, 2.05) is 12.1 Å². The number of pyridine rings is 3. The minimum absolute atomic E-state index is 0.206. The zero-order valence-electron chi connectivity index (χ0n) is 16.3. The lowest BCUT2D eigenvalue weighted by Gasteiger charge is -2.14. The van der Waals surface area contributed by atoms with Gasteiger partial charge in [-0.05, 0) is 30.3 Å². The van der Waals surface area contributed by atoms with Crippen LogP contribution in [0.4, 0.5) is 11.5 Å². The van der Waals surface area contributed by atoms with Crippen LogP contribution in [-0.2, 0) is 10.0 Å². The fourth-order valence-corrected chi connectivity index (χ4v) is 4.48. The van der Waals surface area contributed by atoms with Gasteiger partial charge < -0.3 is 10.3 Å². The molecule has 0 atom stereocenters. The van der Waals surface area contributed by atoms with Crippen molar-refractivity contribution >= 4 is 54.2 Å². The molecule has 0 aliphatic carbocycles. The third-order valence-electron chi connectivity index (χ3n) is 5.02. The summed E-state index contributed by atoms with van der Waals surface area (Å²) in [5, 5.41) is 7.13. The minimum Gasteiger partial charge on any atom is -0.340 e. The van der Waals surface area contributed by atoms with Crippen LogP contribution >= 0.6 is 0 Å². The molecule has 9 heteroatoms. The average Bonchev–Trinajstić information content (AvgIpc) is 3.12. The summed E-state index contributed by atoms with van der Waals surface area (Å²) in [6.07, 6.45) is 7.03. The van der Waals surface area contributed by atoms with E-state index in [4.69, 9.17) is 4.98 Å². The first kappa shape index (κ1) is 18.5. The van der Waals surface area contributed by atoms with Crippen molar-refractivity contribution in [1.29, 1.82) is 0 Å². The van der Waals surface area contributed by atoms with Crippen LogP contribution in [-0.4, -0.2) is 46.8 Å². The molecule has 5 aromatic rings. The van der Waals surface area contributed by atoms with Gasteiger partial charge in [0.05, 0.1) is 16.6 Å². The van der Waals surface area contributed by atoms with Crippen molar-refractivity contribution in [1.82, 2.24) is 24.2 Å². The number of sulfonamides is 1. The fraction of sp³-hybridized carbons (Fsp3) is 0.0952. The zero-order valence-corrected chi connectivity index (χ0v) is 17.1. The topological polar surface area (TPSA) is 104 Å². The summed E-state index contributed by atoms with van der Waals surface area (Å²) >= 11 is 0. The van der Waals surface area contributed by atoms with E-state index in [9.17, 15) is 8.42 Å². The number of hydrogen-bond donors (Lipinski definition) is 2. The molecule has 0 saturated heterocycles. The van der Waals surface area contributed by atoms with Gasteiger partial charge in [-0.1, -0.05) is 6.07 Å². The summed E-state index contributed by atoms with van der Waals surface area (Å²) in [5.41, 5.74) is 2.23. The predicted molar refractivity (Wildman–Crippen MR) is 117 cm³/mol. The summed E-state index contributed by atoms with van der Waals surface area (Å²) in [5.74, 6) is 0.588. The van der Waals surface area contributed by atoms with Crippen molar-refractivity contribution in [2.24, 2.45) is 0 Å². The lowest BCUT2D eigenvalue weighted by molar-refractivity contribution is 0.521. The van der Waals surface area contributed by atoms with Gasteiger partial charge in [0.2, 0.25) is 10.0 Å². The van der Waals surface area contributed by atoms with E-state index in [2.05, 4.69) is 20.3 Å². The van der Waals surface area contributed by atoms with E-state index >= 15 is 0 Å². The first-order valence-corrected chi connectivity index (χ1v) is 10.7. The molecule has 0 aliphatic rings. The molecule has 0 bridgehead atoms. The monoisotopic (exact) mass is 418 g/mol. The summed E-state index contributed by atoms with van der Waals surface area (Å²) < 4.78 is 26.2. The van der Waals surface area contributed by atoms with Crippen molar-refractivity contribution in [3.63, 3.8) is 0 Å². The van der Waals surface area contributed by atoms with Crippen LogP contribution in [0, 0.1) is 0 Å². The summed E-state index contributed by atoms with van der Waals surface area (Å²) in [6.45, 7) is 0. The first-order valence-electron chi connectivity index (χ1n) is 9.24. The van der Waals surface area contributed by atoms with E-state index in [1.54, 1.807) is 49.1 Å². The van der Waals surface area contributed by atoms with E-state index in [1.165, 1.54) is 18.4 Å². The molecular formula is C21H18N6O2S. The molecule has 0 radical (unpaired) electrons.